The van der Waals surface area contributed by atoms with Crippen LogP contribution in [0.2, 0.25) is 0 Å². The van der Waals surface area contributed by atoms with Gasteiger partial charge in [0.25, 0.3) is 0 Å². The van der Waals surface area contributed by atoms with Crippen molar-refractivity contribution >= 4 is 11.8 Å². The van der Waals surface area contributed by atoms with E-state index in [9.17, 15) is 0 Å². The van der Waals surface area contributed by atoms with Gasteiger partial charge in [-0.15, -0.1) is 0 Å². The highest BCUT2D eigenvalue weighted by atomic mass is 16.5. The fourth-order valence-electron chi connectivity index (χ4n) is 2.18. The van der Waals surface area contributed by atoms with Crippen molar-refractivity contribution in [2.45, 2.75) is 27.2 Å². The molecule has 1 aromatic heterocycles. The summed E-state index contributed by atoms with van der Waals surface area (Å²) in [5.41, 5.74) is 1.11. The third kappa shape index (κ3) is 4.06. The first kappa shape index (κ1) is 14.1. The summed E-state index contributed by atoms with van der Waals surface area (Å²) in [5.74, 6) is 2.36. The van der Waals surface area contributed by atoms with E-state index in [-0.39, 0.29) is 0 Å². The van der Waals surface area contributed by atoms with Gasteiger partial charge in [-0.05, 0) is 19.3 Å². The SMILES string of the molecule is CCNc1cc(CC(C)C)nc(N2CCOCC2)n1. The zero-order chi connectivity index (χ0) is 13.7. The molecule has 0 aromatic carbocycles. The van der Waals surface area contributed by atoms with Crippen LogP contribution in [-0.4, -0.2) is 42.8 Å². The molecule has 0 bridgehead atoms. The van der Waals surface area contributed by atoms with Gasteiger partial charge in [-0.1, -0.05) is 13.8 Å². The van der Waals surface area contributed by atoms with E-state index in [1.807, 2.05) is 0 Å². The topological polar surface area (TPSA) is 50.3 Å². The number of nitrogens with zero attached hydrogens (tertiary/aromatic N) is 3. The molecular weight excluding hydrogens is 240 g/mol. The molecule has 1 aliphatic rings. The molecule has 0 radical (unpaired) electrons. The summed E-state index contributed by atoms with van der Waals surface area (Å²) < 4.78 is 5.38. The van der Waals surface area contributed by atoms with Crippen molar-refractivity contribution in [3.63, 3.8) is 0 Å². The molecule has 0 saturated carbocycles. The molecule has 0 unspecified atom stereocenters. The summed E-state index contributed by atoms with van der Waals surface area (Å²) in [6.45, 7) is 10.6. The Labute approximate surface area is 115 Å². The molecule has 2 heterocycles. The van der Waals surface area contributed by atoms with E-state index in [0.29, 0.717) is 5.92 Å². The predicted octanol–water partition coefficient (Wildman–Crippen LogP) is 1.94. The van der Waals surface area contributed by atoms with Crippen molar-refractivity contribution < 1.29 is 4.74 Å². The molecule has 2 rings (SSSR count). The first-order valence-electron chi connectivity index (χ1n) is 7.13. The molecule has 1 fully saturated rings. The van der Waals surface area contributed by atoms with Gasteiger partial charge in [0.05, 0.1) is 13.2 Å². The van der Waals surface area contributed by atoms with Crippen molar-refractivity contribution in [2.75, 3.05) is 43.1 Å². The third-order valence-electron chi connectivity index (χ3n) is 3.04. The van der Waals surface area contributed by atoms with Gasteiger partial charge in [0.1, 0.15) is 5.82 Å². The van der Waals surface area contributed by atoms with E-state index in [4.69, 9.17) is 9.72 Å². The summed E-state index contributed by atoms with van der Waals surface area (Å²) in [6, 6.07) is 2.06. The van der Waals surface area contributed by atoms with Crippen LogP contribution in [0.3, 0.4) is 0 Å². The normalized spacial score (nSPS) is 15.9. The maximum atomic E-state index is 5.38. The molecule has 19 heavy (non-hydrogen) atoms. The summed E-state index contributed by atoms with van der Waals surface area (Å²) in [4.78, 5) is 11.5. The van der Waals surface area contributed by atoms with Crippen molar-refractivity contribution in [1.82, 2.24) is 9.97 Å². The second-order valence-corrected chi connectivity index (χ2v) is 5.27. The molecule has 1 saturated heterocycles. The van der Waals surface area contributed by atoms with Crippen LogP contribution in [0.25, 0.3) is 0 Å². The lowest BCUT2D eigenvalue weighted by Crippen LogP contribution is -2.37. The molecule has 0 amide bonds. The minimum atomic E-state index is 0.599. The molecule has 1 aliphatic heterocycles. The van der Waals surface area contributed by atoms with E-state index < -0.39 is 0 Å². The van der Waals surface area contributed by atoms with E-state index in [2.05, 4.69) is 42.0 Å². The van der Waals surface area contributed by atoms with Gasteiger partial charge in [0.15, 0.2) is 0 Å². The van der Waals surface area contributed by atoms with Gasteiger partial charge in [-0.25, -0.2) is 4.98 Å². The lowest BCUT2D eigenvalue weighted by Gasteiger charge is -2.27. The number of rotatable bonds is 5. The van der Waals surface area contributed by atoms with Crippen LogP contribution >= 0.6 is 0 Å². The van der Waals surface area contributed by atoms with Crippen molar-refractivity contribution in [3.8, 4) is 0 Å². The van der Waals surface area contributed by atoms with Gasteiger partial charge in [-0.2, -0.15) is 4.98 Å². The Balaban J connectivity index is 2.21. The molecule has 1 N–H and O–H groups in total. The molecule has 0 aliphatic carbocycles. The standard InChI is InChI=1S/C14H24N4O/c1-4-15-13-10-12(9-11(2)3)16-14(17-13)18-5-7-19-8-6-18/h10-11H,4-9H2,1-3H3,(H,15,16,17). The Morgan fingerprint density at radius 1 is 1.32 bits per heavy atom. The van der Waals surface area contributed by atoms with Crippen LogP contribution in [0.1, 0.15) is 26.5 Å². The van der Waals surface area contributed by atoms with Gasteiger partial charge in [0.2, 0.25) is 5.95 Å². The fraction of sp³-hybridized carbons (Fsp3) is 0.714. The summed E-state index contributed by atoms with van der Waals surface area (Å²) in [7, 11) is 0. The maximum absolute atomic E-state index is 5.38. The van der Waals surface area contributed by atoms with Crippen LogP contribution < -0.4 is 10.2 Å². The largest absolute Gasteiger partial charge is 0.378 e. The number of ether oxygens (including phenoxy) is 1. The number of hydrogen-bond acceptors (Lipinski definition) is 5. The van der Waals surface area contributed by atoms with E-state index in [0.717, 1.165) is 56.7 Å². The van der Waals surface area contributed by atoms with Gasteiger partial charge in [-0.3, -0.25) is 0 Å². The van der Waals surface area contributed by atoms with Crippen LogP contribution in [0, 0.1) is 5.92 Å². The summed E-state index contributed by atoms with van der Waals surface area (Å²) >= 11 is 0. The lowest BCUT2D eigenvalue weighted by molar-refractivity contribution is 0.122. The van der Waals surface area contributed by atoms with Crippen LogP contribution in [0.5, 0.6) is 0 Å². The van der Waals surface area contributed by atoms with Gasteiger partial charge < -0.3 is 15.0 Å². The molecule has 5 nitrogen and oxygen atoms in total. The molecule has 0 spiro atoms. The number of aromatic nitrogens is 2. The van der Waals surface area contributed by atoms with E-state index in [1.54, 1.807) is 0 Å². The van der Waals surface area contributed by atoms with Crippen LogP contribution in [0.4, 0.5) is 11.8 Å². The van der Waals surface area contributed by atoms with E-state index in [1.165, 1.54) is 0 Å². The van der Waals surface area contributed by atoms with Crippen LogP contribution in [0.15, 0.2) is 6.07 Å². The number of anilines is 2. The first-order chi connectivity index (χ1) is 9.19. The summed E-state index contributed by atoms with van der Waals surface area (Å²) in [5, 5.41) is 3.29. The molecule has 1 aromatic rings. The monoisotopic (exact) mass is 264 g/mol. The zero-order valence-electron chi connectivity index (χ0n) is 12.1. The second kappa shape index (κ2) is 6.70. The first-order valence-corrected chi connectivity index (χ1v) is 7.13. The average Bonchev–Trinajstić information content (AvgIpc) is 2.39. The van der Waals surface area contributed by atoms with E-state index >= 15 is 0 Å². The Bertz CT molecular complexity index is 402. The second-order valence-electron chi connectivity index (χ2n) is 5.27. The average molecular weight is 264 g/mol. The number of morpholine rings is 1. The minimum absolute atomic E-state index is 0.599. The predicted molar refractivity (Wildman–Crippen MR) is 77.8 cm³/mol. The Hall–Kier alpha value is -1.36. The van der Waals surface area contributed by atoms with Crippen molar-refractivity contribution in [3.05, 3.63) is 11.8 Å². The smallest absolute Gasteiger partial charge is 0.227 e. The number of hydrogen-bond donors (Lipinski definition) is 1. The van der Waals surface area contributed by atoms with Crippen molar-refractivity contribution in [2.24, 2.45) is 5.92 Å². The molecule has 0 atom stereocenters. The fourth-order valence-corrected chi connectivity index (χ4v) is 2.18. The molecule has 106 valence electrons. The van der Waals surface area contributed by atoms with Gasteiger partial charge >= 0.3 is 0 Å². The lowest BCUT2D eigenvalue weighted by atomic mass is 10.1. The Kier molecular flexibility index (Phi) is 4.96. The highest BCUT2D eigenvalue weighted by molar-refractivity contribution is 5.44. The third-order valence-corrected chi connectivity index (χ3v) is 3.04. The maximum Gasteiger partial charge on any atom is 0.227 e. The number of nitrogens with one attached hydrogen (secondary N) is 1. The van der Waals surface area contributed by atoms with Crippen molar-refractivity contribution in [1.29, 1.82) is 0 Å². The van der Waals surface area contributed by atoms with Crippen LogP contribution in [-0.2, 0) is 11.2 Å². The highest BCUT2D eigenvalue weighted by Gasteiger charge is 2.15. The molecule has 5 heteroatoms. The Morgan fingerprint density at radius 2 is 2.05 bits per heavy atom. The zero-order valence-corrected chi connectivity index (χ0v) is 12.1. The minimum Gasteiger partial charge on any atom is -0.378 e. The highest BCUT2D eigenvalue weighted by Crippen LogP contribution is 2.17. The van der Waals surface area contributed by atoms with Gasteiger partial charge in [0, 0.05) is 31.4 Å². The Morgan fingerprint density at radius 3 is 2.68 bits per heavy atom. The quantitative estimate of drug-likeness (QED) is 0.881. The summed E-state index contributed by atoms with van der Waals surface area (Å²) in [6.07, 6.45) is 0.984. The molecular formula is C14H24N4O.